The Morgan fingerprint density at radius 1 is 1.00 bits per heavy atom. The maximum absolute atomic E-state index is 0. The average Bonchev–Trinajstić information content (AvgIpc) is 0. The van der Waals surface area contributed by atoms with E-state index >= 15 is 0 Å². The monoisotopic (exact) mass is 953 g/mol. The van der Waals surface area contributed by atoms with Crippen LogP contribution in [0.4, 0.5) is 0 Å². The molecule has 0 aliphatic rings. The van der Waals surface area contributed by atoms with E-state index in [1.54, 1.807) is 0 Å². The van der Waals surface area contributed by atoms with E-state index < -0.39 is 0 Å². The van der Waals surface area contributed by atoms with Gasteiger partial charge in [0.25, 0.3) is 0 Å². The summed E-state index contributed by atoms with van der Waals surface area (Å²) in [5.74, 6) is 0. The van der Waals surface area contributed by atoms with E-state index in [2.05, 4.69) is 0 Å². The Bertz CT molecular complexity index is 8.00. The molecule has 0 aliphatic heterocycles. The van der Waals surface area contributed by atoms with Gasteiger partial charge < -0.3 is 0 Å². The second kappa shape index (κ2) is 16.1. The minimum Gasteiger partial charge on any atom is 0 e. The van der Waals surface area contributed by atoms with Gasteiger partial charge in [0.15, 0.2) is 0 Å². The molecule has 22 valence electrons. The van der Waals surface area contributed by atoms with Crippen LogP contribution in [0.2, 0.25) is 0 Å². The van der Waals surface area contributed by atoms with Crippen LogP contribution in [0.5, 0.6) is 0 Å². The molecule has 0 aromatic carbocycles. The maximum Gasteiger partial charge on any atom is 0 e. The van der Waals surface area contributed by atoms with Gasteiger partial charge in [0.2, 0.25) is 0 Å². The van der Waals surface area contributed by atoms with E-state index in [0.29, 0.717) is 0 Å². The molecule has 0 aromatic heterocycles. The van der Waals surface area contributed by atoms with Crippen LogP contribution in [-0.2, 0) is 0 Å². The SMILES string of the molecule is [Am].[Np].[Pu].[U]. The second-order valence-corrected chi connectivity index (χ2v) is 0. The van der Waals surface area contributed by atoms with Crippen molar-refractivity contribution in [3.63, 3.8) is 0 Å². The Hall–Kier alpha value is 3.44. The van der Waals surface area contributed by atoms with E-state index in [-0.39, 0.29) is 105 Å². The first-order chi connectivity index (χ1) is 0. The first-order valence-corrected chi connectivity index (χ1v) is 0. The van der Waals surface area contributed by atoms with Crippen LogP contribution < -0.4 is 0 Å². The molecular weight excluding hydrogens is 962 g/mol. The van der Waals surface area contributed by atoms with Crippen LogP contribution in [0, 0.1) is 105 Å². The van der Waals surface area contributed by atoms with Crippen molar-refractivity contribution in [2.24, 2.45) is 0 Å². The van der Waals surface area contributed by atoms with Crippen molar-refractivity contribution in [1.29, 1.82) is 0 Å². The van der Waals surface area contributed by atoms with Crippen LogP contribution in [-0.4, -0.2) is 0 Å². The van der Waals surface area contributed by atoms with Gasteiger partial charge in [-0.15, -0.1) is 0 Å². The van der Waals surface area contributed by atoms with E-state index in [9.17, 15) is 0 Å². The quantitative estimate of drug-likeness (QED) is 0.322. The van der Waals surface area contributed by atoms with Gasteiger partial charge in [0.05, 0.1) is 0 Å². The smallest absolute Gasteiger partial charge is 0 e. The zero-order valence-electron chi connectivity index (χ0n) is 1.73. The van der Waals surface area contributed by atoms with Crippen molar-refractivity contribution in [1.82, 2.24) is 0 Å². The standard InChI is InChI=1S/Am.Np.Pu.U. The van der Waals surface area contributed by atoms with E-state index in [0.717, 1.165) is 0 Å². The summed E-state index contributed by atoms with van der Waals surface area (Å²) in [6.07, 6.45) is 0. The van der Waals surface area contributed by atoms with Crippen molar-refractivity contribution >= 4 is 0 Å². The molecule has 0 atom stereocenters. The van der Waals surface area contributed by atoms with Crippen LogP contribution in [0.25, 0.3) is 0 Å². The molecule has 0 saturated heterocycles. The van der Waals surface area contributed by atoms with E-state index in [1.165, 1.54) is 0 Å². The summed E-state index contributed by atoms with van der Waals surface area (Å²) in [6.45, 7) is 0. The molecule has 4 heavy (non-hydrogen) atoms. The fourth-order valence-corrected chi connectivity index (χ4v) is 0. The number of rotatable bonds is 0. The third kappa shape index (κ3) is 9.06. The van der Waals surface area contributed by atoms with Gasteiger partial charge in [-0.05, 0) is 0 Å². The summed E-state index contributed by atoms with van der Waals surface area (Å²) in [5, 5.41) is 0. The third-order valence-electron chi connectivity index (χ3n) is 0. The normalized spacial score (nSPS) is 0. The van der Waals surface area contributed by atoms with E-state index in [1.807, 2.05) is 0 Å². The molecule has 0 unspecified atom stereocenters. The molecule has 0 rings (SSSR count). The summed E-state index contributed by atoms with van der Waals surface area (Å²) in [4.78, 5) is 0. The summed E-state index contributed by atoms with van der Waals surface area (Å²) >= 11 is 0. The van der Waals surface area contributed by atoms with Gasteiger partial charge in [-0.25, -0.2) is 0 Å². The van der Waals surface area contributed by atoms with Gasteiger partial charge in [0.1, 0.15) is 0 Å². The van der Waals surface area contributed by atoms with Gasteiger partial charge in [0, 0.05) is 105 Å². The Labute approximate surface area is 102 Å². The molecule has 0 heterocycles. The summed E-state index contributed by atoms with van der Waals surface area (Å²) in [7, 11) is 0. The molecule has 2 radical (unpaired) electrons. The Morgan fingerprint density at radius 2 is 1.00 bits per heavy atom. The molecule has 4 heteroatoms. The fourth-order valence-electron chi connectivity index (χ4n) is 0. The Morgan fingerprint density at radius 3 is 1.00 bits per heavy atom. The largest absolute Gasteiger partial charge is 0 e. The Balaban J connectivity index is 0. The number of hydrogen-bond donors (Lipinski definition) is 0. The molecule has 0 fully saturated rings. The number of hydrogen-bond acceptors (Lipinski definition) is 0. The van der Waals surface area contributed by atoms with Crippen molar-refractivity contribution in [2.45, 2.75) is 0 Å². The van der Waals surface area contributed by atoms with Crippen LogP contribution in [0.15, 0.2) is 0 Å². The van der Waals surface area contributed by atoms with Gasteiger partial charge in [-0.1, -0.05) is 0 Å². The summed E-state index contributed by atoms with van der Waals surface area (Å²) < 4.78 is 0. The van der Waals surface area contributed by atoms with Gasteiger partial charge >= 0.3 is 0 Å². The zero-order chi connectivity index (χ0) is 0. The predicted octanol–water partition coefficient (Wildman–Crippen LogP) is 0. The van der Waals surface area contributed by atoms with E-state index in [4.69, 9.17) is 0 Å². The van der Waals surface area contributed by atoms with Crippen molar-refractivity contribution in [3.05, 3.63) is 0 Å². The molecule has 0 spiro atoms. The molecule has 0 aliphatic carbocycles. The predicted molar refractivity (Wildman–Crippen MR) is 0 cm³/mol. The van der Waals surface area contributed by atoms with Crippen molar-refractivity contribution < 1.29 is 105 Å². The van der Waals surface area contributed by atoms with Gasteiger partial charge in [-0.3, -0.25) is 0 Å². The first-order valence-electron chi connectivity index (χ1n) is 0. The molecule has 0 amide bonds. The second-order valence-electron chi connectivity index (χ2n) is 0. The molecule has 0 bridgehead atoms. The summed E-state index contributed by atoms with van der Waals surface area (Å²) in [6, 6.07) is 0. The fraction of sp³-hybridized carbons (Fsp3) is 0. The van der Waals surface area contributed by atoms with Crippen molar-refractivity contribution in [2.75, 3.05) is 0 Å². The van der Waals surface area contributed by atoms with Crippen LogP contribution in [0.3, 0.4) is 0 Å². The Kier molecular flexibility index (Phi) is 105. The molecular formula is AmNpPuU. The maximum atomic E-state index is 0. The molecule has 0 saturated carbocycles. The molecule has 0 N–H and O–H groups in total. The minimum atomic E-state index is 0. The minimum absolute atomic E-state index is 0. The topological polar surface area (TPSA) is 0 Å². The average molecular weight is 962 g/mol. The zero-order valence-corrected chi connectivity index (χ0v) is 16.2. The van der Waals surface area contributed by atoms with Crippen LogP contribution >= 0.6 is 0 Å². The summed E-state index contributed by atoms with van der Waals surface area (Å²) in [5.41, 5.74) is 0. The van der Waals surface area contributed by atoms with Crippen LogP contribution in [0.1, 0.15) is 0 Å². The molecule has 0 nitrogen and oxygen atoms in total. The first kappa shape index (κ1) is 26.1. The van der Waals surface area contributed by atoms with Crippen molar-refractivity contribution in [3.8, 4) is 0 Å². The third-order valence-corrected chi connectivity index (χ3v) is 0. The molecule has 0 aromatic rings. The van der Waals surface area contributed by atoms with Gasteiger partial charge in [-0.2, -0.15) is 0 Å².